The molecule has 0 amide bonds. The van der Waals surface area contributed by atoms with E-state index in [2.05, 4.69) is 9.97 Å². The molecule has 0 bridgehead atoms. The predicted octanol–water partition coefficient (Wildman–Crippen LogP) is 3.52. The predicted molar refractivity (Wildman–Crippen MR) is 128 cm³/mol. The molecule has 0 spiro atoms. The van der Waals surface area contributed by atoms with Crippen molar-refractivity contribution >= 4 is 39.6 Å². The molecule has 1 N–H and O–H groups in total. The van der Waals surface area contributed by atoms with E-state index in [1.54, 1.807) is 31.6 Å². The van der Waals surface area contributed by atoms with Crippen LogP contribution in [0.5, 0.6) is 0 Å². The summed E-state index contributed by atoms with van der Waals surface area (Å²) >= 11 is -1.28. The van der Waals surface area contributed by atoms with Crippen LogP contribution in [-0.2, 0) is 35.3 Å². The summed E-state index contributed by atoms with van der Waals surface area (Å²) in [6.45, 7) is 0.0857. The third kappa shape index (κ3) is 3.76. The number of rotatable bonds is 4. The minimum atomic E-state index is -1.28. The first-order valence-corrected chi connectivity index (χ1v) is 12.3. The summed E-state index contributed by atoms with van der Waals surface area (Å²) in [7, 11) is 2.86. The molecule has 1 aliphatic heterocycles. The van der Waals surface area contributed by atoms with E-state index in [4.69, 9.17) is 4.74 Å². The molecule has 0 fully saturated rings. The molecule has 5 rings (SSSR count). The van der Waals surface area contributed by atoms with Gasteiger partial charge in [-0.15, -0.1) is 0 Å². The van der Waals surface area contributed by atoms with Crippen LogP contribution in [0.1, 0.15) is 21.5 Å². The fraction of sp³-hybridized carbons (Fsp3) is 0.208. The number of aromatic amines is 1. The van der Waals surface area contributed by atoms with E-state index in [1.165, 1.54) is 22.8 Å². The van der Waals surface area contributed by atoms with Gasteiger partial charge in [0.15, 0.2) is 11.6 Å². The van der Waals surface area contributed by atoms with Crippen LogP contribution in [-0.4, -0.2) is 38.4 Å². The minimum Gasteiger partial charge on any atom is -0.616 e. The Morgan fingerprint density at radius 1 is 1.29 bits per heavy atom. The molecule has 1 aliphatic rings. The first kappa shape index (κ1) is 23.1. The van der Waals surface area contributed by atoms with Gasteiger partial charge in [-0.3, -0.25) is 4.79 Å². The van der Waals surface area contributed by atoms with Crippen molar-refractivity contribution in [3.63, 3.8) is 0 Å². The molecular weight excluding hydrogens is 478 g/mol. The highest BCUT2D eigenvalue weighted by molar-refractivity contribution is 7.89. The third-order valence-corrected chi connectivity index (χ3v) is 6.74. The zero-order chi connectivity index (χ0) is 25.0. The van der Waals surface area contributed by atoms with Crippen molar-refractivity contribution in [3.8, 4) is 11.1 Å². The first-order chi connectivity index (χ1) is 16.7. The number of methoxy groups -OCH3 is 1. The van der Waals surface area contributed by atoms with E-state index in [1.807, 2.05) is 0 Å². The van der Waals surface area contributed by atoms with E-state index in [-0.39, 0.29) is 29.2 Å². The average Bonchev–Trinajstić information content (AvgIpc) is 3.18. The minimum absolute atomic E-state index is 0.0791. The van der Waals surface area contributed by atoms with Gasteiger partial charge in [0.1, 0.15) is 17.1 Å². The zero-order valence-electron chi connectivity index (χ0n) is 19.0. The third-order valence-electron chi connectivity index (χ3n) is 6.03. The molecule has 0 saturated heterocycles. The normalized spacial score (nSPS) is 13.5. The van der Waals surface area contributed by atoms with E-state index in [0.29, 0.717) is 38.8 Å². The topological polar surface area (TPSA) is 103 Å². The number of anilines is 2. The molecule has 180 valence electrons. The van der Waals surface area contributed by atoms with Gasteiger partial charge in [0, 0.05) is 47.6 Å². The zero-order valence-corrected chi connectivity index (χ0v) is 19.8. The number of aromatic nitrogens is 3. The standard InChI is InChI=1S/C24H20F2N4O4S/c1-29-10-17-16-4-12(11-35(3)33)15(24(32)34-2)6-19(16)30(22-18(26)5-14(25)8-28-22)9-13-7-27-21(20(13)17)23(29)31/h4-8,10,27H,9,11H2,1-3H3. The van der Waals surface area contributed by atoms with Crippen molar-refractivity contribution in [1.82, 2.24) is 14.5 Å². The molecule has 4 heterocycles. The Hall–Kier alpha value is -3.70. The van der Waals surface area contributed by atoms with Crippen LogP contribution in [0.4, 0.5) is 20.3 Å². The molecule has 1 unspecified atom stereocenters. The van der Waals surface area contributed by atoms with Crippen molar-refractivity contribution in [1.29, 1.82) is 0 Å². The van der Waals surface area contributed by atoms with Crippen LogP contribution in [0.15, 0.2) is 41.6 Å². The molecule has 0 saturated carbocycles. The quantitative estimate of drug-likeness (QED) is 0.341. The summed E-state index contributed by atoms with van der Waals surface area (Å²) in [5.74, 6) is -2.43. The summed E-state index contributed by atoms with van der Waals surface area (Å²) in [6.07, 6.45) is 5.77. The van der Waals surface area contributed by atoms with Crippen molar-refractivity contribution in [3.05, 3.63) is 75.5 Å². The summed E-state index contributed by atoms with van der Waals surface area (Å²) in [5.41, 5.74) is 3.11. The molecule has 1 aromatic carbocycles. The number of benzene rings is 1. The fourth-order valence-corrected chi connectivity index (χ4v) is 5.20. The second-order valence-corrected chi connectivity index (χ2v) is 9.74. The van der Waals surface area contributed by atoms with Crippen molar-refractivity contribution in [2.45, 2.75) is 12.3 Å². The molecule has 0 aliphatic carbocycles. The van der Waals surface area contributed by atoms with Crippen LogP contribution in [0, 0.1) is 11.6 Å². The Morgan fingerprint density at radius 2 is 2.06 bits per heavy atom. The van der Waals surface area contributed by atoms with Crippen molar-refractivity contribution in [2.24, 2.45) is 7.05 Å². The highest BCUT2D eigenvalue weighted by atomic mass is 32.2. The Morgan fingerprint density at radius 3 is 2.74 bits per heavy atom. The number of H-pyrrole nitrogens is 1. The molecule has 8 nitrogen and oxygen atoms in total. The summed E-state index contributed by atoms with van der Waals surface area (Å²) < 4.78 is 47.1. The Balaban J connectivity index is 1.89. The van der Waals surface area contributed by atoms with Crippen molar-refractivity contribution in [2.75, 3.05) is 18.3 Å². The second kappa shape index (κ2) is 8.51. The Bertz CT molecular complexity index is 1560. The number of halogens is 2. The van der Waals surface area contributed by atoms with Crippen LogP contribution in [0.2, 0.25) is 0 Å². The number of esters is 1. The number of hydrogen-bond donors (Lipinski definition) is 1. The van der Waals surface area contributed by atoms with Gasteiger partial charge in [0.25, 0.3) is 5.56 Å². The lowest BCUT2D eigenvalue weighted by Crippen LogP contribution is -2.20. The Kier molecular flexibility index (Phi) is 5.60. The summed E-state index contributed by atoms with van der Waals surface area (Å²) in [5, 5.41) is 0.647. The van der Waals surface area contributed by atoms with E-state index in [0.717, 1.165) is 12.3 Å². The summed E-state index contributed by atoms with van der Waals surface area (Å²) in [4.78, 5) is 34.0. The number of aryl methyl sites for hydroxylation is 1. The van der Waals surface area contributed by atoms with E-state index in [9.17, 15) is 22.9 Å². The SMILES string of the molecule is COC(=O)c1cc2c(cc1C[S+](C)[O-])-c1cn(C)c(=O)c3[nH]cc(c13)CN2c1ncc(F)cc1F. The van der Waals surface area contributed by atoms with Crippen molar-refractivity contribution < 1.29 is 22.9 Å². The lowest BCUT2D eigenvalue weighted by atomic mass is 9.96. The van der Waals surface area contributed by atoms with Crippen LogP contribution in [0.25, 0.3) is 22.0 Å². The molecule has 0 radical (unpaired) electrons. The maximum Gasteiger partial charge on any atom is 0.338 e. The number of hydrogen-bond acceptors (Lipinski definition) is 6. The van der Waals surface area contributed by atoms with E-state index >= 15 is 0 Å². The van der Waals surface area contributed by atoms with Gasteiger partial charge >= 0.3 is 5.97 Å². The monoisotopic (exact) mass is 498 g/mol. The van der Waals surface area contributed by atoms with Crippen LogP contribution < -0.4 is 10.5 Å². The second-order valence-electron chi connectivity index (χ2n) is 8.30. The smallest absolute Gasteiger partial charge is 0.338 e. The molecular formula is C24H20F2N4O4S. The largest absolute Gasteiger partial charge is 0.616 e. The number of carbonyl (C=O) groups excluding carboxylic acids is 1. The van der Waals surface area contributed by atoms with Gasteiger partial charge in [-0.25, -0.2) is 18.6 Å². The maximum absolute atomic E-state index is 15.0. The van der Waals surface area contributed by atoms with Gasteiger partial charge in [0.05, 0.1) is 37.4 Å². The van der Waals surface area contributed by atoms with Gasteiger partial charge in [-0.05, 0) is 17.7 Å². The molecule has 35 heavy (non-hydrogen) atoms. The molecule has 1 atom stereocenters. The average molecular weight is 499 g/mol. The maximum atomic E-state index is 15.0. The number of fused-ring (bicyclic) bond motifs is 2. The van der Waals surface area contributed by atoms with Gasteiger partial charge < -0.3 is 23.7 Å². The number of nitrogens with one attached hydrogen (secondary N) is 1. The van der Waals surface area contributed by atoms with Gasteiger partial charge in [0.2, 0.25) is 0 Å². The number of carbonyl (C=O) groups is 1. The van der Waals surface area contributed by atoms with Gasteiger partial charge in [-0.1, -0.05) is 11.2 Å². The van der Waals surface area contributed by atoms with E-state index < -0.39 is 28.8 Å². The number of pyridine rings is 2. The highest BCUT2D eigenvalue weighted by Gasteiger charge is 2.30. The summed E-state index contributed by atoms with van der Waals surface area (Å²) in [6, 6.07) is 3.98. The molecule has 3 aromatic heterocycles. The Labute approximate surface area is 201 Å². The lowest BCUT2D eigenvalue weighted by Gasteiger charge is -2.26. The van der Waals surface area contributed by atoms with Crippen LogP contribution >= 0.6 is 0 Å². The number of nitrogens with zero attached hydrogens (tertiary/aromatic N) is 3. The molecule has 11 heteroatoms. The van der Waals surface area contributed by atoms with Crippen LogP contribution in [0.3, 0.4) is 0 Å². The lowest BCUT2D eigenvalue weighted by molar-refractivity contribution is 0.0600. The van der Waals surface area contributed by atoms with Gasteiger partial charge in [-0.2, -0.15) is 0 Å². The fourth-order valence-electron chi connectivity index (χ4n) is 4.52. The molecule has 4 aromatic rings. The highest BCUT2D eigenvalue weighted by Crippen LogP contribution is 2.44. The number of ether oxygens (including phenoxy) is 1. The first-order valence-electron chi connectivity index (χ1n) is 10.5.